The number of nitrogens with one attached hydrogen (secondary N) is 1. The molecule has 17 heavy (non-hydrogen) atoms. The Hall–Kier alpha value is -1.12. The van der Waals surface area contributed by atoms with Gasteiger partial charge in [0, 0.05) is 16.7 Å². The Morgan fingerprint density at radius 2 is 2.24 bits per heavy atom. The smallest absolute Gasteiger partial charge is 0.139 e. The second kappa shape index (κ2) is 7.25. The van der Waals surface area contributed by atoms with Crippen LogP contribution < -0.4 is 5.32 Å². The molecular formula is C12H14F2N2S. The van der Waals surface area contributed by atoms with Crippen LogP contribution in [0.1, 0.15) is 13.3 Å². The van der Waals surface area contributed by atoms with Gasteiger partial charge in [-0.05, 0) is 25.1 Å². The van der Waals surface area contributed by atoms with Crippen LogP contribution in [0.2, 0.25) is 0 Å². The number of benzene rings is 1. The minimum atomic E-state index is -0.575. The molecule has 1 unspecified atom stereocenters. The molecule has 0 aliphatic carbocycles. The van der Waals surface area contributed by atoms with E-state index in [1.807, 2.05) is 6.92 Å². The Bertz CT molecular complexity index is 404. The first-order chi connectivity index (χ1) is 8.17. The predicted octanol–water partition coefficient (Wildman–Crippen LogP) is 2.95. The summed E-state index contributed by atoms with van der Waals surface area (Å²) in [5.74, 6) is -0.505. The van der Waals surface area contributed by atoms with Crippen molar-refractivity contribution in [1.29, 1.82) is 5.26 Å². The summed E-state index contributed by atoms with van der Waals surface area (Å²) in [6.07, 6.45) is 0.631. The molecule has 2 nitrogen and oxygen atoms in total. The summed E-state index contributed by atoms with van der Waals surface area (Å²) in [5.41, 5.74) is 0. The van der Waals surface area contributed by atoms with Gasteiger partial charge in [-0.3, -0.25) is 0 Å². The van der Waals surface area contributed by atoms with Crippen molar-refractivity contribution in [2.24, 2.45) is 0 Å². The van der Waals surface area contributed by atoms with Crippen LogP contribution in [-0.4, -0.2) is 18.3 Å². The normalized spacial score (nSPS) is 12.1. The first-order valence-corrected chi connectivity index (χ1v) is 6.36. The van der Waals surface area contributed by atoms with E-state index in [1.165, 1.54) is 23.9 Å². The number of nitrogens with zero attached hydrogens (tertiary/aromatic N) is 1. The third kappa shape index (κ3) is 4.72. The zero-order chi connectivity index (χ0) is 12.7. The van der Waals surface area contributed by atoms with Gasteiger partial charge in [0.2, 0.25) is 0 Å². The summed E-state index contributed by atoms with van der Waals surface area (Å²) < 4.78 is 25.9. The lowest BCUT2D eigenvalue weighted by Gasteiger charge is -2.09. The third-order valence-electron chi connectivity index (χ3n) is 2.16. The zero-order valence-corrected chi connectivity index (χ0v) is 10.4. The van der Waals surface area contributed by atoms with E-state index < -0.39 is 11.6 Å². The minimum absolute atomic E-state index is 0.212. The SMILES string of the molecule is CCNC(C#N)CCSc1ccc(F)cc1F. The number of halogens is 2. The minimum Gasteiger partial charge on any atom is -0.302 e. The fourth-order valence-electron chi connectivity index (χ4n) is 1.34. The summed E-state index contributed by atoms with van der Waals surface area (Å²) in [6, 6.07) is 5.45. The molecule has 1 N–H and O–H groups in total. The van der Waals surface area contributed by atoms with E-state index in [0.717, 1.165) is 12.6 Å². The van der Waals surface area contributed by atoms with Crippen LogP contribution in [0.5, 0.6) is 0 Å². The first-order valence-electron chi connectivity index (χ1n) is 5.38. The Morgan fingerprint density at radius 1 is 1.47 bits per heavy atom. The van der Waals surface area contributed by atoms with Crippen LogP contribution in [0.25, 0.3) is 0 Å². The molecule has 0 aromatic heterocycles. The number of nitriles is 1. The van der Waals surface area contributed by atoms with Gasteiger partial charge in [0.25, 0.3) is 0 Å². The highest BCUT2D eigenvalue weighted by molar-refractivity contribution is 7.99. The summed E-state index contributed by atoms with van der Waals surface area (Å²) in [5, 5.41) is 11.8. The molecule has 1 aromatic rings. The van der Waals surface area contributed by atoms with Gasteiger partial charge in [-0.25, -0.2) is 8.78 Å². The van der Waals surface area contributed by atoms with Gasteiger partial charge in [0.15, 0.2) is 0 Å². The van der Waals surface area contributed by atoms with Gasteiger partial charge in [-0.2, -0.15) is 5.26 Å². The number of hydrogen-bond acceptors (Lipinski definition) is 3. The molecule has 0 fully saturated rings. The van der Waals surface area contributed by atoms with E-state index >= 15 is 0 Å². The molecule has 1 rings (SSSR count). The second-order valence-electron chi connectivity index (χ2n) is 3.45. The highest BCUT2D eigenvalue weighted by atomic mass is 32.2. The van der Waals surface area contributed by atoms with E-state index in [0.29, 0.717) is 17.1 Å². The van der Waals surface area contributed by atoms with Crippen LogP contribution >= 0.6 is 11.8 Å². The van der Waals surface area contributed by atoms with Crippen molar-refractivity contribution in [3.63, 3.8) is 0 Å². The average molecular weight is 256 g/mol. The number of thioether (sulfide) groups is 1. The maximum absolute atomic E-state index is 13.3. The summed E-state index contributed by atoms with van der Waals surface area (Å²) in [7, 11) is 0. The molecule has 0 bridgehead atoms. The van der Waals surface area contributed by atoms with Crippen LogP contribution in [0.3, 0.4) is 0 Å². The van der Waals surface area contributed by atoms with E-state index in [4.69, 9.17) is 5.26 Å². The molecular weight excluding hydrogens is 242 g/mol. The zero-order valence-electron chi connectivity index (χ0n) is 9.54. The Kier molecular flexibility index (Phi) is 5.95. The van der Waals surface area contributed by atoms with Crippen LogP contribution in [0.4, 0.5) is 8.78 Å². The summed E-state index contributed by atoms with van der Waals surface area (Å²) in [6.45, 7) is 2.66. The molecule has 0 heterocycles. The Labute approximate surface area is 104 Å². The third-order valence-corrected chi connectivity index (χ3v) is 3.25. The van der Waals surface area contributed by atoms with Gasteiger partial charge in [0.1, 0.15) is 11.6 Å². The molecule has 1 atom stereocenters. The van der Waals surface area contributed by atoms with E-state index in [9.17, 15) is 8.78 Å². The van der Waals surface area contributed by atoms with Crippen molar-refractivity contribution in [3.8, 4) is 6.07 Å². The molecule has 1 aromatic carbocycles. The second-order valence-corrected chi connectivity index (χ2v) is 4.59. The molecule has 0 aliphatic rings. The topological polar surface area (TPSA) is 35.8 Å². The van der Waals surface area contributed by atoms with E-state index in [1.54, 1.807) is 0 Å². The van der Waals surface area contributed by atoms with Gasteiger partial charge < -0.3 is 5.32 Å². The lowest BCUT2D eigenvalue weighted by Crippen LogP contribution is -2.27. The molecule has 0 saturated heterocycles. The molecule has 0 amide bonds. The lowest BCUT2D eigenvalue weighted by molar-refractivity contribution is 0.565. The number of rotatable bonds is 6. The maximum atomic E-state index is 13.3. The van der Waals surface area contributed by atoms with E-state index in [-0.39, 0.29) is 6.04 Å². The Balaban J connectivity index is 2.43. The van der Waals surface area contributed by atoms with Crippen molar-refractivity contribution in [2.45, 2.75) is 24.3 Å². The largest absolute Gasteiger partial charge is 0.302 e. The van der Waals surface area contributed by atoms with Crippen molar-refractivity contribution in [1.82, 2.24) is 5.32 Å². The molecule has 0 radical (unpaired) electrons. The summed E-state index contributed by atoms with van der Waals surface area (Å²) >= 11 is 1.29. The highest BCUT2D eigenvalue weighted by Crippen LogP contribution is 2.23. The lowest BCUT2D eigenvalue weighted by atomic mass is 10.2. The van der Waals surface area contributed by atoms with E-state index in [2.05, 4.69) is 11.4 Å². The highest BCUT2D eigenvalue weighted by Gasteiger charge is 2.08. The first kappa shape index (κ1) is 13.9. The summed E-state index contributed by atoms with van der Waals surface area (Å²) in [4.78, 5) is 0.416. The van der Waals surface area contributed by atoms with Gasteiger partial charge in [-0.15, -0.1) is 11.8 Å². The van der Waals surface area contributed by atoms with Crippen molar-refractivity contribution < 1.29 is 8.78 Å². The molecule has 0 saturated carbocycles. The molecule has 0 aliphatic heterocycles. The van der Waals surface area contributed by atoms with Gasteiger partial charge in [-0.1, -0.05) is 6.92 Å². The maximum Gasteiger partial charge on any atom is 0.139 e. The van der Waals surface area contributed by atoms with Crippen molar-refractivity contribution >= 4 is 11.8 Å². The Morgan fingerprint density at radius 3 is 2.82 bits per heavy atom. The average Bonchev–Trinajstić information content (AvgIpc) is 2.30. The van der Waals surface area contributed by atoms with Gasteiger partial charge in [0.05, 0.1) is 12.1 Å². The van der Waals surface area contributed by atoms with Crippen molar-refractivity contribution in [2.75, 3.05) is 12.3 Å². The molecule has 5 heteroatoms. The fraction of sp³-hybridized carbons (Fsp3) is 0.417. The van der Waals surface area contributed by atoms with Gasteiger partial charge >= 0.3 is 0 Å². The molecule has 0 spiro atoms. The van der Waals surface area contributed by atoms with Crippen LogP contribution in [-0.2, 0) is 0 Å². The van der Waals surface area contributed by atoms with Crippen molar-refractivity contribution in [3.05, 3.63) is 29.8 Å². The standard InChI is InChI=1S/C12H14F2N2S/c1-2-16-10(8-15)5-6-17-12-4-3-9(13)7-11(12)14/h3-4,7,10,16H,2,5-6H2,1H3. The van der Waals surface area contributed by atoms with Crippen LogP contribution in [0, 0.1) is 23.0 Å². The monoisotopic (exact) mass is 256 g/mol. The number of hydrogen-bond donors (Lipinski definition) is 1. The molecule has 92 valence electrons. The quantitative estimate of drug-likeness (QED) is 0.795. The van der Waals surface area contributed by atoms with Crippen LogP contribution in [0.15, 0.2) is 23.1 Å². The fourth-order valence-corrected chi connectivity index (χ4v) is 2.27. The predicted molar refractivity (Wildman–Crippen MR) is 64.8 cm³/mol.